The summed E-state index contributed by atoms with van der Waals surface area (Å²) in [6.45, 7) is 9.07. The highest BCUT2D eigenvalue weighted by Gasteiger charge is 2.38. The van der Waals surface area contributed by atoms with E-state index in [1.54, 1.807) is 17.3 Å². The van der Waals surface area contributed by atoms with Gasteiger partial charge < -0.3 is 15.0 Å². The molecular weight excluding hydrogens is 294 g/mol. The van der Waals surface area contributed by atoms with E-state index >= 15 is 0 Å². The Labute approximate surface area is 137 Å². The minimum absolute atomic E-state index is 0.00986. The van der Waals surface area contributed by atoms with Gasteiger partial charge in [0.2, 0.25) is 5.91 Å². The van der Waals surface area contributed by atoms with Crippen LogP contribution in [0.2, 0.25) is 0 Å². The third-order valence-corrected chi connectivity index (χ3v) is 3.90. The van der Waals surface area contributed by atoms with Gasteiger partial charge in [-0.15, -0.1) is 0 Å². The maximum atomic E-state index is 12.2. The number of ether oxygens (including phenoxy) is 1. The van der Waals surface area contributed by atoms with Crippen LogP contribution in [0.25, 0.3) is 0 Å². The van der Waals surface area contributed by atoms with Gasteiger partial charge in [-0.3, -0.25) is 9.78 Å². The number of pyridine rings is 1. The number of nitrogens with zero attached hydrogens (tertiary/aromatic N) is 2. The summed E-state index contributed by atoms with van der Waals surface area (Å²) in [6.07, 6.45) is 3.10. The maximum Gasteiger partial charge on any atom is 0.410 e. The van der Waals surface area contributed by atoms with Crippen molar-refractivity contribution in [2.45, 2.75) is 39.8 Å². The molecule has 0 aliphatic carbocycles. The van der Waals surface area contributed by atoms with Crippen molar-refractivity contribution < 1.29 is 14.3 Å². The van der Waals surface area contributed by atoms with Crippen LogP contribution in [0.15, 0.2) is 24.5 Å². The van der Waals surface area contributed by atoms with Crippen molar-refractivity contribution in [2.75, 3.05) is 13.1 Å². The Kier molecular flexibility index (Phi) is 5.23. The SMILES string of the molecule is C[C@H](C(=O)NCc1ccncc1)C1CN(C(=O)OC(C)(C)C)C1. The molecule has 0 saturated carbocycles. The molecule has 1 aromatic heterocycles. The zero-order valence-electron chi connectivity index (χ0n) is 14.2. The molecule has 0 spiro atoms. The van der Waals surface area contributed by atoms with Crippen LogP contribution in [0, 0.1) is 11.8 Å². The van der Waals surface area contributed by atoms with Gasteiger partial charge in [-0.1, -0.05) is 6.92 Å². The van der Waals surface area contributed by atoms with Gasteiger partial charge >= 0.3 is 6.09 Å². The first kappa shape index (κ1) is 17.2. The van der Waals surface area contributed by atoms with Crippen LogP contribution >= 0.6 is 0 Å². The Bertz CT molecular complexity index is 548. The van der Waals surface area contributed by atoms with Gasteiger partial charge in [-0.25, -0.2) is 4.79 Å². The van der Waals surface area contributed by atoms with Crippen molar-refractivity contribution in [3.63, 3.8) is 0 Å². The second-order valence-corrected chi connectivity index (χ2v) is 7.01. The number of rotatable bonds is 4. The van der Waals surface area contributed by atoms with Gasteiger partial charge in [0, 0.05) is 43.9 Å². The Morgan fingerprint density at radius 1 is 1.35 bits per heavy atom. The van der Waals surface area contributed by atoms with E-state index in [1.165, 1.54) is 0 Å². The maximum absolute atomic E-state index is 12.2. The lowest BCUT2D eigenvalue weighted by atomic mass is 9.86. The van der Waals surface area contributed by atoms with Crippen molar-refractivity contribution in [1.29, 1.82) is 0 Å². The summed E-state index contributed by atoms with van der Waals surface area (Å²) in [6, 6.07) is 3.75. The van der Waals surface area contributed by atoms with Crippen molar-refractivity contribution in [3.8, 4) is 0 Å². The smallest absolute Gasteiger partial charge is 0.410 e. The van der Waals surface area contributed by atoms with Crippen LogP contribution in [-0.2, 0) is 16.1 Å². The van der Waals surface area contributed by atoms with Crippen LogP contribution in [0.3, 0.4) is 0 Å². The summed E-state index contributed by atoms with van der Waals surface area (Å²) in [5.74, 6) is 0.0612. The van der Waals surface area contributed by atoms with Crippen LogP contribution in [-0.4, -0.2) is 40.6 Å². The number of amides is 2. The predicted octanol–water partition coefficient (Wildman–Crippen LogP) is 2.20. The lowest BCUT2D eigenvalue weighted by molar-refractivity contribution is -0.128. The molecule has 0 bridgehead atoms. The Morgan fingerprint density at radius 2 is 1.96 bits per heavy atom. The van der Waals surface area contributed by atoms with Crippen LogP contribution in [0.4, 0.5) is 4.79 Å². The molecule has 2 amide bonds. The monoisotopic (exact) mass is 319 g/mol. The average molecular weight is 319 g/mol. The molecule has 0 aromatic carbocycles. The molecule has 1 aliphatic heterocycles. The second-order valence-electron chi connectivity index (χ2n) is 7.01. The molecule has 0 radical (unpaired) electrons. The number of hydrogen-bond acceptors (Lipinski definition) is 4. The third-order valence-electron chi connectivity index (χ3n) is 3.90. The first-order chi connectivity index (χ1) is 10.8. The average Bonchev–Trinajstić information content (AvgIpc) is 2.42. The minimum Gasteiger partial charge on any atom is -0.444 e. The van der Waals surface area contributed by atoms with Gasteiger partial charge in [0.1, 0.15) is 5.60 Å². The topological polar surface area (TPSA) is 71.5 Å². The van der Waals surface area contributed by atoms with E-state index in [0.29, 0.717) is 19.6 Å². The molecule has 1 aliphatic rings. The molecule has 2 heterocycles. The first-order valence-corrected chi connectivity index (χ1v) is 7.91. The lowest BCUT2D eigenvalue weighted by Crippen LogP contribution is -2.55. The summed E-state index contributed by atoms with van der Waals surface area (Å²) < 4.78 is 5.32. The summed E-state index contributed by atoms with van der Waals surface area (Å²) in [5, 5.41) is 2.93. The van der Waals surface area contributed by atoms with Crippen LogP contribution in [0.1, 0.15) is 33.3 Å². The highest BCUT2D eigenvalue weighted by molar-refractivity contribution is 5.79. The highest BCUT2D eigenvalue weighted by Crippen LogP contribution is 2.25. The molecule has 1 N–H and O–H groups in total. The van der Waals surface area contributed by atoms with E-state index in [4.69, 9.17) is 4.74 Å². The zero-order chi connectivity index (χ0) is 17.0. The summed E-state index contributed by atoms with van der Waals surface area (Å²) in [5.41, 5.74) is 0.528. The van der Waals surface area contributed by atoms with Crippen molar-refractivity contribution in [3.05, 3.63) is 30.1 Å². The second kappa shape index (κ2) is 6.98. The van der Waals surface area contributed by atoms with Gasteiger partial charge in [-0.05, 0) is 38.5 Å². The number of carbonyl (C=O) groups excluding carboxylic acids is 2. The van der Waals surface area contributed by atoms with Gasteiger partial charge in [0.15, 0.2) is 0 Å². The molecule has 6 heteroatoms. The highest BCUT2D eigenvalue weighted by atomic mass is 16.6. The Balaban J connectivity index is 1.74. The largest absolute Gasteiger partial charge is 0.444 e. The number of likely N-dealkylation sites (tertiary alicyclic amines) is 1. The zero-order valence-corrected chi connectivity index (χ0v) is 14.2. The number of nitrogens with one attached hydrogen (secondary N) is 1. The van der Waals surface area contributed by atoms with Gasteiger partial charge in [0.25, 0.3) is 0 Å². The molecule has 126 valence electrons. The fourth-order valence-electron chi connectivity index (χ4n) is 2.37. The van der Waals surface area contributed by atoms with E-state index in [-0.39, 0.29) is 23.8 Å². The fourth-order valence-corrected chi connectivity index (χ4v) is 2.37. The summed E-state index contributed by atoms with van der Waals surface area (Å²) in [4.78, 5) is 29.7. The van der Waals surface area contributed by atoms with Crippen molar-refractivity contribution >= 4 is 12.0 Å². The van der Waals surface area contributed by atoms with E-state index < -0.39 is 5.60 Å². The van der Waals surface area contributed by atoms with E-state index in [9.17, 15) is 9.59 Å². The van der Waals surface area contributed by atoms with Crippen molar-refractivity contribution in [1.82, 2.24) is 15.2 Å². The number of aromatic nitrogens is 1. The standard InChI is InChI=1S/C17H25N3O3/c1-12(15(21)19-9-13-5-7-18-8-6-13)14-10-20(11-14)16(22)23-17(2,3)4/h5-8,12,14H,9-11H2,1-4H3,(H,19,21)/t12-/m0/s1. The molecule has 0 unspecified atom stereocenters. The van der Waals surface area contributed by atoms with Gasteiger partial charge in [0.05, 0.1) is 0 Å². The molecule has 1 fully saturated rings. The fraction of sp³-hybridized carbons (Fsp3) is 0.588. The summed E-state index contributed by atoms with van der Waals surface area (Å²) >= 11 is 0. The molecular formula is C17H25N3O3. The molecule has 2 rings (SSSR count). The van der Waals surface area contributed by atoms with Gasteiger partial charge in [-0.2, -0.15) is 0 Å². The normalized spacial score (nSPS) is 16.4. The van der Waals surface area contributed by atoms with E-state index in [1.807, 2.05) is 39.8 Å². The molecule has 23 heavy (non-hydrogen) atoms. The molecule has 1 aromatic rings. The van der Waals surface area contributed by atoms with Crippen LogP contribution < -0.4 is 5.32 Å². The van der Waals surface area contributed by atoms with Crippen molar-refractivity contribution in [2.24, 2.45) is 11.8 Å². The van der Waals surface area contributed by atoms with E-state index in [2.05, 4.69) is 10.3 Å². The quantitative estimate of drug-likeness (QED) is 0.923. The Hall–Kier alpha value is -2.11. The molecule has 1 atom stereocenters. The summed E-state index contributed by atoms with van der Waals surface area (Å²) in [7, 11) is 0. The number of hydrogen-bond donors (Lipinski definition) is 1. The molecule has 6 nitrogen and oxygen atoms in total. The Morgan fingerprint density at radius 3 is 2.52 bits per heavy atom. The lowest BCUT2D eigenvalue weighted by Gasteiger charge is -2.42. The number of carbonyl (C=O) groups is 2. The minimum atomic E-state index is -0.490. The predicted molar refractivity (Wildman–Crippen MR) is 86.5 cm³/mol. The first-order valence-electron chi connectivity index (χ1n) is 7.91. The van der Waals surface area contributed by atoms with Crippen LogP contribution in [0.5, 0.6) is 0 Å². The molecule has 1 saturated heterocycles. The van der Waals surface area contributed by atoms with E-state index in [0.717, 1.165) is 5.56 Å². The third kappa shape index (κ3) is 4.94.